The van der Waals surface area contributed by atoms with E-state index >= 15 is 0 Å². The van der Waals surface area contributed by atoms with Gasteiger partial charge in [-0.15, -0.1) is 11.3 Å². The van der Waals surface area contributed by atoms with Crippen LogP contribution in [-0.4, -0.2) is 4.83 Å². The van der Waals surface area contributed by atoms with E-state index in [0.717, 1.165) is 0 Å². The fraction of sp³-hybridized carbons (Fsp3) is 0.333. The van der Waals surface area contributed by atoms with Crippen molar-refractivity contribution in [2.24, 2.45) is 0 Å². The van der Waals surface area contributed by atoms with Gasteiger partial charge in [-0.1, -0.05) is 48.0 Å². The minimum Gasteiger partial charge on any atom is -0.144 e. The first-order chi connectivity index (χ1) is 6.70. The third kappa shape index (κ3) is 1.73. The van der Waals surface area contributed by atoms with Gasteiger partial charge in [0.2, 0.25) is 0 Å². The number of thiophene rings is 1. The minimum atomic E-state index is 0.523. The molecule has 1 heterocycles. The van der Waals surface area contributed by atoms with Crippen LogP contribution in [0.5, 0.6) is 0 Å². The molecule has 0 bridgehead atoms. The van der Waals surface area contributed by atoms with E-state index in [2.05, 4.69) is 59.4 Å². The monoisotopic (exact) mass is 268 g/mol. The molecule has 0 nitrogen and oxygen atoms in total. The molecule has 0 N–H and O–H groups in total. The van der Waals surface area contributed by atoms with Gasteiger partial charge in [0.15, 0.2) is 0 Å². The average molecular weight is 269 g/mol. The zero-order valence-corrected chi connectivity index (χ0v) is 10.7. The Kier molecular flexibility index (Phi) is 2.93. The third-order valence-electron chi connectivity index (χ3n) is 2.69. The van der Waals surface area contributed by atoms with Crippen LogP contribution in [0.25, 0.3) is 10.1 Å². The molecule has 0 aliphatic rings. The average Bonchev–Trinajstić information content (AvgIpc) is 2.63. The quantitative estimate of drug-likeness (QED) is 0.688. The molecular weight excluding hydrogens is 256 g/mol. The van der Waals surface area contributed by atoms with E-state index in [9.17, 15) is 0 Å². The van der Waals surface area contributed by atoms with Crippen LogP contribution in [0.3, 0.4) is 0 Å². The predicted octanol–water partition coefficient (Wildman–Crippen LogP) is 4.79. The molecule has 0 aliphatic heterocycles. The fourth-order valence-electron chi connectivity index (χ4n) is 1.62. The molecule has 2 atom stereocenters. The van der Waals surface area contributed by atoms with Crippen LogP contribution in [0.1, 0.15) is 25.3 Å². The molecule has 1 aromatic carbocycles. The first kappa shape index (κ1) is 10.2. The minimum absolute atomic E-state index is 0.523. The number of fused-ring (bicyclic) bond motifs is 1. The van der Waals surface area contributed by atoms with Crippen molar-refractivity contribution in [2.75, 3.05) is 0 Å². The molecule has 0 fully saturated rings. The summed E-state index contributed by atoms with van der Waals surface area (Å²) in [7, 11) is 0. The van der Waals surface area contributed by atoms with Crippen molar-refractivity contribution >= 4 is 37.4 Å². The Bertz CT molecular complexity index is 431. The smallest absolute Gasteiger partial charge is 0.0377 e. The highest BCUT2D eigenvalue weighted by molar-refractivity contribution is 9.09. The second kappa shape index (κ2) is 4.03. The van der Waals surface area contributed by atoms with Crippen molar-refractivity contribution < 1.29 is 0 Å². The van der Waals surface area contributed by atoms with E-state index in [-0.39, 0.29) is 0 Å². The Hall–Kier alpha value is -0.340. The Morgan fingerprint density at radius 2 is 2.00 bits per heavy atom. The van der Waals surface area contributed by atoms with E-state index in [1.807, 2.05) is 11.3 Å². The van der Waals surface area contributed by atoms with E-state index in [1.54, 1.807) is 0 Å². The van der Waals surface area contributed by atoms with Gasteiger partial charge in [-0.25, -0.2) is 0 Å². The molecule has 2 rings (SSSR count). The number of hydrogen-bond acceptors (Lipinski definition) is 1. The van der Waals surface area contributed by atoms with Crippen molar-refractivity contribution in [1.82, 2.24) is 0 Å². The SMILES string of the molecule is CC(Br)C(C)c1cccc2ccsc12. The molecule has 1 aromatic heterocycles. The summed E-state index contributed by atoms with van der Waals surface area (Å²) in [4.78, 5) is 0.523. The van der Waals surface area contributed by atoms with Gasteiger partial charge in [-0.3, -0.25) is 0 Å². The van der Waals surface area contributed by atoms with Gasteiger partial charge in [0.1, 0.15) is 0 Å². The molecular formula is C12H13BrS. The number of benzene rings is 1. The van der Waals surface area contributed by atoms with Crippen LogP contribution < -0.4 is 0 Å². The molecule has 0 saturated carbocycles. The summed E-state index contributed by atoms with van der Waals surface area (Å²) >= 11 is 5.49. The van der Waals surface area contributed by atoms with Crippen LogP contribution in [-0.2, 0) is 0 Å². The van der Waals surface area contributed by atoms with Crippen LogP contribution in [0.2, 0.25) is 0 Å². The van der Waals surface area contributed by atoms with E-state index < -0.39 is 0 Å². The summed E-state index contributed by atoms with van der Waals surface area (Å²) in [6.07, 6.45) is 0. The summed E-state index contributed by atoms with van der Waals surface area (Å²) in [5, 5.41) is 3.53. The highest BCUT2D eigenvalue weighted by Crippen LogP contribution is 2.33. The Labute approximate surface area is 97.1 Å². The Balaban J connectivity index is 2.56. The summed E-state index contributed by atoms with van der Waals surface area (Å²) in [5.41, 5.74) is 1.46. The first-order valence-corrected chi connectivity index (χ1v) is 6.60. The molecule has 0 spiro atoms. The zero-order chi connectivity index (χ0) is 10.1. The molecule has 0 saturated heterocycles. The van der Waals surface area contributed by atoms with Gasteiger partial charge >= 0.3 is 0 Å². The van der Waals surface area contributed by atoms with Crippen LogP contribution >= 0.6 is 27.3 Å². The van der Waals surface area contributed by atoms with Crippen LogP contribution in [0.4, 0.5) is 0 Å². The van der Waals surface area contributed by atoms with Gasteiger partial charge in [-0.05, 0) is 28.3 Å². The lowest BCUT2D eigenvalue weighted by Gasteiger charge is -2.15. The fourth-order valence-corrected chi connectivity index (χ4v) is 2.92. The number of halogens is 1. The van der Waals surface area contributed by atoms with Crippen molar-refractivity contribution in [1.29, 1.82) is 0 Å². The van der Waals surface area contributed by atoms with Crippen molar-refractivity contribution in [3.63, 3.8) is 0 Å². The van der Waals surface area contributed by atoms with Gasteiger partial charge in [-0.2, -0.15) is 0 Å². The number of alkyl halides is 1. The lowest BCUT2D eigenvalue weighted by atomic mass is 9.97. The maximum absolute atomic E-state index is 3.66. The predicted molar refractivity (Wildman–Crippen MR) is 68.6 cm³/mol. The van der Waals surface area contributed by atoms with E-state index in [1.165, 1.54) is 15.6 Å². The molecule has 2 heteroatoms. The molecule has 2 unspecified atom stereocenters. The Morgan fingerprint density at radius 3 is 2.71 bits per heavy atom. The molecule has 0 amide bonds. The zero-order valence-electron chi connectivity index (χ0n) is 8.33. The topological polar surface area (TPSA) is 0 Å². The van der Waals surface area contributed by atoms with Crippen molar-refractivity contribution in [3.05, 3.63) is 35.2 Å². The van der Waals surface area contributed by atoms with E-state index in [4.69, 9.17) is 0 Å². The van der Waals surface area contributed by atoms with Crippen molar-refractivity contribution in [3.8, 4) is 0 Å². The van der Waals surface area contributed by atoms with Crippen LogP contribution in [0.15, 0.2) is 29.6 Å². The van der Waals surface area contributed by atoms with Gasteiger partial charge in [0.25, 0.3) is 0 Å². The summed E-state index contributed by atoms with van der Waals surface area (Å²) in [6, 6.07) is 8.76. The van der Waals surface area contributed by atoms with Crippen molar-refractivity contribution in [2.45, 2.75) is 24.6 Å². The lowest BCUT2D eigenvalue weighted by molar-refractivity contribution is 0.769. The lowest BCUT2D eigenvalue weighted by Crippen LogP contribution is -2.04. The largest absolute Gasteiger partial charge is 0.144 e. The Morgan fingerprint density at radius 1 is 1.21 bits per heavy atom. The first-order valence-electron chi connectivity index (χ1n) is 4.80. The normalized spacial score (nSPS) is 15.6. The summed E-state index contributed by atoms with van der Waals surface area (Å²) in [5.74, 6) is 0.567. The third-order valence-corrected chi connectivity index (χ3v) is 4.46. The summed E-state index contributed by atoms with van der Waals surface area (Å²) in [6.45, 7) is 4.48. The van der Waals surface area contributed by atoms with Gasteiger partial charge < -0.3 is 0 Å². The standard InChI is InChI=1S/C12H13BrS/c1-8(9(2)13)11-5-3-4-10-6-7-14-12(10)11/h3-9H,1-2H3. The maximum atomic E-state index is 3.66. The number of rotatable bonds is 2. The highest BCUT2D eigenvalue weighted by atomic mass is 79.9. The molecule has 74 valence electrons. The second-order valence-corrected chi connectivity index (χ2v) is 6.01. The van der Waals surface area contributed by atoms with Gasteiger partial charge in [0, 0.05) is 9.53 Å². The molecule has 0 radical (unpaired) electrons. The van der Waals surface area contributed by atoms with Crippen LogP contribution in [0, 0.1) is 0 Å². The molecule has 0 aliphatic carbocycles. The van der Waals surface area contributed by atoms with Gasteiger partial charge in [0.05, 0.1) is 0 Å². The summed E-state index contributed by atoms with van der Waals surface area (Å²) < 4.78 is 1.44. The second-order valence-electron chi connectivity index (χ2n) is 3.65. The molecule has 14 heavy (non-hydrogen) atoms. The highest BCUT2D eigenvalue weighted by Gasteiger charge is 2.14. The van der Waals surface area contributed by atoms with E-state index in [0.29, 0.717) is 10.7 Å². The maximum Gasteiger partial charge on any atom is 0.0377 e. The molecule has 2 aromatic rings. The number of hydrogen-bond donors (Lipinski definition) is 0.